The van der Waals surface area contributed by atoms with Crippen molar-refractivity contribution in [1.29, 1.82) is 0 Å². The molecule has 1 aliphatic carbocycles. The molecule has 1 fully saturated rings. The van der Waals surface area contributed by atoms with Crippen molar-refractivity contribution in [3.8, 4) is 34.3 Å². The van der Waals surface area contributed by atoms with Gasteiger partial charge in [0.1, 0.15) is 11.4 Å². The monoisotopic (exact) mass is 405 g/mol. The SMILES string of the molecule is COc1ccc(-c2nccc(-c3cc4n(n3)CCNC4=O)n2)cc1OC1CCCC1. The van der Waals surface area contributed by atoms with E-state index in [1.807, 2.05) is 18.2 Å². The number of amides is 1. The highest BCUT2D eigenvalue weighted by Gasteiger charge is 2.21. The fourth-order valence-electron chi connectivity index (χ4n) is 4.00. The predicted octanol–water partition coefficient (Wildman–Crippen LogP) is 3.08. The van der Waals surface area contributed by atoms with Gasteiger partial charge in [0.25, 0.3) is 5.91 Å². The van der Waals surface area contributed by atoms with Gasteiger partial charge in [-0.05, 0) is 56.0 Å². The van der Waals surface area contributed by atoms with Crippen molar-refractivity contribution in [2.45, 2.75) is 38.3 Å². The Morgan fingerprint density at radius 2 is 1.97 bits per heavy atom. The van der Waals surface area contributed by atoms with Gasteiger partial charge in [0.05, 0.1) is 25.5 Å². The summed E-state index contributed by atoms with van der Waals surface area (Å²) in [6, 6.07) is 9.31. The van der Waals surface area contributed by atoms with E-state index < -0.39 is 0 Å². The molecule has 8 heteroatoms. The van der Waals surface area contributed by atoms with Gasteiger partial charge in [0.2, 0.25) is 0 Å². The average Bonchev–Trinajstić information content (AvgIpc) is 3.44. The van der Waals surface area contributed by atoms with Crippen LogP contribution in [0.2, 0.25) is 0 Å². The van der Waals surface area contributed by atoms with Crippen LogP contribution in [0.15, 0.2) is 36.5 Å². The number of carbonyl (C=O) groups excluding carboxylic acids is 1. The summed E-state index contributed by atoms with van der Waals surface area (Å²) in [4.78, 5) is 21.2. The van der Waals surface area contributed by atoms with Crippen LogP contribution < -0.4 is 14.8 Å². The van der Waals surface area contributed by atoms with Gasteiger partial charge in [0, 0.05) is 18.3 Å². The van der Waals surface area contributed by atoms with Crippen LogP contribution in [-0.4, -0.2) is 45.4 Å². The molecule has 1 saturated carbocycles. The van der Waals surface area contributed by atoms with E-state index in [4.69, 9.17) is 14.5 Å². The van der Waals surface area contributed by atoms with E-state index in [1.54, 1.807) is 30.1 Å². The predicted molar refractivity (Wildman–Crippen MR) is 110 cm³/mol. The lowest BCUT2D eigenvalue weighted by molar-refractivity contribution is 0.0924. The van der Waals surface area contributed by atoms with Gasteiger partial charge in [-0.15, -0.1) is 0 Å². The first-order chi connectivity index (χ1) is 14.7. The van der Waals surface area contributed by atoms with Crippen LogP contribution in [0, 0.1) is 0 Å². The zero-order valence-corrected chi connectivity index (χ0v) is 16.8. The molecule has 3 heterocycles. The van der Waals surface area contributed by atoms with Crippen molar-refractivity contribution >= 4 is 5.91 Å². The first kappa shape index (κ1) is 18.6. The molecule has 8 nitrogen and oxygen atoms in total. The van der Waals surface area contributed by atoms with Gasteiger partial charge < -0.3 is 14.8 Å². The summed E-state index contributed by atoms with van der Waals surface area (Å²) >= 11 is 0. The maximum atomic E-state index is 12.0. The summed E-state index contributed by atoms with van der Waals surface area (Å²) < 4.78 is 13.4. The van der Waals surface area contributed by atoms with Gasteiger partial charge in [-0.3, -0.25) is 9.48 Å². The Labute approximate surface area is 174 Å². The van der Waals surface area contributed by atoms with Crippen LogP contribution in [0.1, 0.15) is 36.2 Å². The number of hydrogen-bond acceptors (Lipinski definition) is 6. The molecule has 1 aliphatic heterocycles. The summed E-state index contributed by atoms with van der Waals surface area (Å²) in [5.74, 6) is 1.87. The summed E-state index contributed by atoms with van der Waals surface area (Å²) in [5, 5.41) is 7.37. The highest BCUT2D eigenvalue weighted by molar-refractivity contribution is 5.94. The van der Waals surface area contributed by atoms with Crippen LogP contribution in [0.5, 0.6) is 11.5 Å². The van der Waals surface area contributed by atoms with Crippen LogP contribution in [0.4, 0.5) is 0 Å². The van der Waals surface area contributed by atoms with Gasteiger partial charge in [-0.2, -0.15) is 5.10 Å². The topological polar surface area (TPSA) is 91.2 Å². The zero-order valence-electron chi connectivity index (χ0n) is 16.8. The lowest BCUT2D eigenvalue weighted by Crippen LogP contribution is -2.35. The van der Waals surface area contributed by atoms with E-state index in [2.05, 4.69) is 15.4 Å². The molecule has 2 aliphatic rings. The number of methoxy groups -OCH3 is 1. The minimum absolute atomic E-state index is 0.113. The first-order valence-electron chi connectivity index (χ1n) is 10.3. The van der Waals surface area contributed by atoms with Crippen LogP contribution in [0.25, 0.3) is 22.8 Å². The van der Waals surface area contributed by atoms with Crippen molar-refractivity contribution in [1.82, 2.24) is 25.1 Å². The van der Waals surface area contributed by atoms with E-state index >= 15 is 0 Å². The first-order valence-corrected chi connectivity index (χ1v) is 10.3. The van der Waals surface area contributed by atoms with Gasteiger partial charge in [0.15, 0.2) is 17.3 Å². The molecule has 0 saturated heterocycles. The molecule has 5 rings (SSSR count). The van der Waals surface area contributed by atoms with Crippen molar-refractivity contribution < 1.29 is 14.3 Å². The maximum absolute atomic E-state index is 12.0. The third kappa shape index (κ3) is 3.49. The molecule has 0 spiro atoms. The number of ether oxygens (including phenoxy) is 2. The molecule has 0 atom stereocenters. The Bertz CT molecular complexity index is 1090. The summed E-state index contributed by atoms with van der Waals surface area (Å²) in [5.41, 5.74) is 2.71. The van der Waals surface area contributed by atoms with E-state index in [9.17, 15) is 4.79 Å². The molecular formula is C22H23N5O3. The zero-order chi connectivity index (χ0) is 20.5. The number of rotatable bonds is 5. The van der Waals surface area contributed by atoms with E-state index in [-0.39, 0.29) is 12.0 Å². The van der Waals surface area contributed by atoms with Gasteiger partial charge in [-0.1, -0.05) is 0 Å². The highest BCUT2D eigenvalue weighted by Crippen LogP contribution is 2.35. The molecule has 1 amide bonds. The number of benzene rings is 1. The molecule has 3 aromatic rings. The Kier molecular flexibility index (Phi) is 4.82. The maximum Gasteiger partial charge on any atom is 0.269 e. The normalized spacial score (nSPS) is 16.2. The minimum Gasteiger partial charge on any atom is -0.493 e. The van der Waals surface area contributed by atoms with Crippen LogP contribution >= 0.6 is 0 Å². The quantitative estimate of drug-likeness (QED) is 0.701. The van der Waals surface area contributed by atoms with E-state index in [0.717, 1.165) is 18.4 Å². The second-order valence-electron chi connectivity index (χ2n) is 7.55. The van der Waals surface area contributed by atoms with Crippen molar-refractivity contribution in [2.75, 3.05) is 13.7 Å². The van der Waals surface area contributed by atoms with E-state index in [0.29, 0.717) is 47.5 Å². The standard InChI is InChI=1S/C22H23N5O3/c1-29-19-7-6-14(12-20(19)30-15-4-2-3-5-15)21-23-9-8-16(25-21)17-13-18-22(28)24-10-11-27(18)26-17/h6-9,12-13,15H,2-5,10-11H2,1H3,(H,24,28). The number of nitrogens with zero attached hydrogens (tertiary/aromatic N) is 4. The lowest BCUT2D eigenvalue weighted by Gasteiger charge is -2.16. The third-order valence-corrected chi connectivity index (χ3v) is 5.56. The van der Waals surface area contributed by atoms with Gasteiger partial charge in [-0.25, -0.2) is 9.97 Å². The number of carbonyl (C=O) groups is 1. The Morgan fingerprint density at radius 3 is 2.77 bits per heavy atom. The smallest absolute Gasteiger partial charge is 0.269 e. The number of hydrogen-bond donors (Lipinski definition) is 1. The van der Waals surface area contributed by atoms with Crippen molar-refractivity contribution in [3.63, 3.8) is 0 Å². The third-order valence-electron chi connectivity index (χ3n) is 5.56. The molecule has 0 bridgehead atoms. The van der Waals surface area contributed by atoms with Crippen molar-refractivity contribution in [2.24, 2.45) is 0 Å². The summed E-state index contributed by atoms with van der Waals surface area (Å²) in [7, 11) is 1.64. The second kappa shape index (κ2) is 7.78. The molecule has 0 unspecified atom stereocenters. The number of nitrogens with one attached hydrogen (secondary N) is 1. The van der Waals surface area contributed by atoms with E-state index in [1.165, 1.54) is 12.8 Å². The van der Waals surface area contributed by atoms with Crippen molar-refractivity contribution in [3.05, 3.63) is 42.2 Å². The Balaban J connectivity index is 1.47. The molecule has 1 aromatic carbocycles. The largest absolute Gasteiger partial charge is 0.493 e. The Morgan fingerprint density at radius 1 is 1.10 bits per heavy atom. The van der Waals surface area contributed by atoms with Crippen LogP contribution in [-0.2, 0) is 6.54 Å². The Hall–Kier alpha value is -3.42. The number of aromatic nitrogens is 4. The van der Waals surface area contributed by atoms with Crippen LogP contribution in [0.3, 0.4) is 0 Å². The molecule has 30 heavy (non-hydrogen) atoms. The summed E-state index contributed by atoms with van der Waals surface area (Å²) in [6.45, 7) is 1.23. The minimum atomic E-state index is -0.113. The molecule has 154 valence electrons. The lowest BCUT2D eigenvalue weighted by atomic mass is 10.1. The fraction of sp³-hybridized carbons (Fsp3) is 0.364. The average molecular weight is 405 g/mol. The van der Waals surface area contributed by atoms with Gasteiger partial charge >= 0.3 is 0 Å². The molecule has 2 aromatic heterocycles. The molecular weight excluding hydrogens is 382 g/mol. The highest BCUT2D eigenvalue weighted by atomic mass is 16.5. The number of fused-ring (bicyclic) bond motifs is 1. The second-order valence-corrected chi connectivity index (χ2v) is 7.55. The molecule has 0 radical (unpaired) electrons. The summed E-state index contributed by atoms with van der Waals surface area (Å²) in [6.07, 6.45) is 6.47. The fourth-order valence-corrected chi connectivity index (χ4v) is 4.00. The molecule has 1 N–H and O–H groups in total.